The number of ether oxygens (including phenoxy) is 2. The SMILES string of the molecule is COc1ccc(Cl)cc1NC(=O)[C@H](C)OC(=O)c1ccc([N+](=O)[O-])cc1. The number of nitrogens with one attached hydrogen (secondary N) is 1. The van der Waals surface area contributed by atoms with Gasteiger partial charge in [-0.25, -0.2) is 4.79 Å². The summed E-state index contributed by atoms with van der Waals surface area (Å²) in [4.78, 5) is 34.3. The van der Waals surface area contributed by atoms with E-state index in [-0.39, 0.29) is 11.3 Å². The Balaban J connectivity index is 2.03. The second-order valence-corrected chi connectivity index (χ2v) is 5.62. The van der Waals surface area contributed by atoms with Gasteiger partial charge in [0.05, 0.1) is 23.3 Å². The highest BCUT2D eigenvalue weighted by Gasteiger charge is 2.21. The van der Waals surface area contributed by atoms with Gasteiger partial charge in [-0.05, 0) is 37.3 Å². The molecule has 0 unspecified atom stereocenters. The van der Waals surface area contributed by atoms with Gasteiger partial charge >= 0.3 is 5.97 Å². The maximum Gasteiger partial charge on any atom is 0.338 e. The van der Waals surface area contributed by atoms with Crippen LogP contribution in [0.5, 0.6) is 5.75 Å². The number of hydrogen-bond acceptors (Lipinski definition) is 6. The van der Waals surface area contributed by atoms with E-state index in [2.05, 4.69) is 5.32 Å². The first kappa shape index (κ1) is 19.2. The molecule has 136 valence electrons. The third-order valence-electron chi connectivity index (χ3n) is 3.39. The number of nitrogens with zero attached hydrogens (tertiary/aromatic N) is 1. The van der Waals surface area contributed by atoms with Gasteiger partial charge in [-0.1, -0.05) is 11.6 Å². The van der Waals surface area contributed by atoms with Crippen LogP contribution >= 0.6 is 11.6 Å². The molecule has 0 radical (unpaired) electrons. The molecule has 2 rings (SSSR count). The number of halogens is 1. The molecule has 0 fully saturated rings. The highest BCUT2D eigenvalue weighted by atomic mass is 35.5. The Kier molecular flexibility index (Phi) is 6.13. The van der Waals surface area contributed by atoms with Crippen molar-refractivity contribution >= 4 is 34.9 Å². The molecular formula is C17H15ClN2O6. The summed E-state index contributed by atoms with van der Waals surface area (Å²) >= 11 is 5.90. The minimum absolute atomic E-state index is 0.0931. The normalized spacial score (nSPS) is 11.3. The second kappa shape index (κ2) is 8.30. The molecule has 9 heteroatoms. The molecule has 0 saturated carbocycles. The topological polar surface area (TPSA) is 108 Å². The van der Waals surface area contributed by atoms with E-state index >= 15 is 0 Å². The van der Waals surface area contributed by atoms with Crippen LogP contribution in [0.15, 0.2) is 42.5 Å². The van der Waals surface area contributed by atoms with Crippen LogP contribution in [0.3, 0.4) is 0 Å². The van der Waals surface area contributed by atoms with E-state index in [4.69, 9.17) is 21.1 Å². The number of non-ortho nitro benzene ring substituents is 1. The molecule has 0 aliphatic carbocycles. The molecule has 0 heterocycles. The molecular weight excluding hydrogens is 364 g/mol. The Morgan fingerprint density at radius 3 is 2.42 bits per heavy atom. The first-order chi connectivity index (χ1) is 12.3. The number of carbonyl (C=O) groups excluding carboxylic acids is 2. The van der Waals surface area contributed by atoms with Crippen molar-refractivity contribution in [2.24, 2.45) is 0 Å². The second-order valence-electron chi connectivity index (χ2n) is 5.19. The van der Waals surface area contributed by atoms with Gasteiger partial charge in [0, 0.05) is 17.2 Å². The molecule has 1 atom stereocenters. The Labute approximate surface area is 153 Å². The van der Waals surface area contributed by atoms with Gasteiger partial charge in [0.2, 0.25) is 0 Å². The molecule has 0 spiro atoms. The fourth-order valence-electron chi connectivity index (χ4n) is 2.01. The van der Waals surface area contributed by atoms with Crippen molar-refractivity contribution in [1.29, 1.82) is 0 Å². The van der Waals surface area contributed by atoms with Crippen LogP contribution in [0, 0.1) is 10.1 Å². The Bertz CT molecular complexity index is 838. The predicted molar refractivity (Wildman–Crippen MR) is 94.6 cm³/mol. The summed E-state index contributed by atoms with van der Waals surface area (Å²) in [6.45, 7) is 1.40. The lowest BCUT2D eigenvalue weighted by molar-refractivity contribution is -0.384. The van der Waals surface area contributed by atoms with E-state index in [0.717, 1.165) is 0 Å². The summed E-state index contributed by atoms with van der Waals surface area (Å²) < 4.78 is 10.2. The van der Waals surface area contributed by atoms with Crippen molar-refractivity contribution in [2.45, 2.75) is 13.0 Å². The van der Waals surface area contributed by atoms with Gasteiger partial charge in [-0.15, -0.1) is 0 Å². The summed E-state index contributed by atoms with van der Waals surface area (Å²) in [6, 6.07) is 9.56. The lowest BCUT2D eigenvalue weighted by Crippen LogP contribution is -2.30. The van der Waals surface area contributed by atoms with Crippen LogP contribution in [0.25, 0.3) is 0 Å². The summed E-state index contributed by atoms with van der Waals surface area (Å²) in [6.07, 6.45) is -1.11. The fraction of sp³-hybridized carbons (Fsp3) is 0.176. The number of hydrogen-bond donors (Lipinski definition) is 1. The monoisotopic (exact) mass is 378 g/mol. The molecule has 0 bridgehead atoms. The average molecular weight is 379 g/mol. The number of esters is 1. The molecule has 0 aliphatic heterocycles. The van der Waals surface area contributed by atoms with E-state index in [1.807, 2.05) is 0 Å². The first-order valence-electron chi connectivity index (χ1n) is 7.41. The van der Waals surface area contributed by atoms with Gasteiger partial charge in [0.25, 0.3) is 11.6 Å². The fourth-order valence-corrected chi connectivity index (χ4v) is 2.19. The largest absolute Gasteiger partial charge is 0.495 e. The Hall–Kier alpha value is -3.13. The number of methoxy groups -OCH3 is 1. The minimum atomic E-state index is -1.11. The molecule has 0 aromatic heterocycles. The van der Waals surface area contributed by atoms with E-state index in [9.17, 15) is 19.7 Å². The molecule has 1 N–H and O–H groups in total. The zero-order chi connectivity index (χ0) is 19.3. The smallest absolute Gasteiger partial charge is 0.338 e. The van der Waals surface area contributed by atoms with Gasteiger partial charge in [-0.2, -0.15) is 0 Å². The number of nitro groups is 1. The van der Waals surface area contributed by atoms with E-state index in [0.29, 0.717) is 16.5 Å². The summed E-state index contributed by atoms with van der Waals surface area (Å²) in [5.41, 5.74) is 0.277. The van der Waals surface area contributed by atoms with Crippen LogP contribution in [-0.2, 0) is 9.53 Å². The van der Waals surface area contributed by atoms with Crippen LogP contribution in [0.1, 0.15) is 17.3 Å². The molecule has 0 saturated heterocycles. The van der Waals surface area contributed by atoms with Gasteiger partial charge in [0.15, 0.2) is 6.10 Å². The standard InChI is InChI=1S/C17H15ClN2O6/c1-10(16(21)19-14-9-12(18)5-8-15(14)25-2)26-17(22)11-3-6-13(7-4-11)20(23)24/h3-10H,1-2H3,(H,19,21)/t10-/m0/s1. The number of rotatable bonds is 6. The maximum atomic E-state index is 12.2. The maximum absolute atomic E-state index is 12.2. The predicted octanol–water partition coefficient (Wildman–Crippen LogP) is 3.44. The number of anilines is 1. The van der Waals surface area contributed by atoms with Crippen molar-refractivity contribution in [3.8, 4) is 5.75 Å². The van der Waals surface area contributed by atoms with Crippen LogP contribution in [0.4, 0.5) is 11.4 Å². The quantitative estimate of drug-likeness (QED) is 0.468. The zero-order valence-corrected chi connectivity index (χ0v) is 14.6. The molecule has 2 aromatic rings. The van der Waals surface area contributed by atoms with Crippen molar-refractivity contribution in [2.75, 3.05) is 12.4 Å². The summed E-state index contributed by atoms with van der Waals surface area (Å²) in [5.74, 6) is -0.960. The summed E-state index contributed by atoms with van der Waals surface area (Å²) in [7, 11) is 1.44. The molecule has 0 aliphatic rings. The number of amides is 1. The highest BCUT2D eigenvalue weighted by Crippen LogP contribution is 2.27. The minimum Gasteiger partial charge on any atom is -0.495 e. The number of nitro benzene ring substituents is 1. The zero-order valence-electron chi connectivity index (χ0n) is 13.9. The lowest BCUT2D eigenvalue weighted by atomic mass is 10.2. The third-order valence-corrected chi connectivity index (χ3v) is 3.62. The van der Waals surface area contributed by atoms with Crippen molar-refractivity contribution in [3.05, 3.63) is 63.2 Å². The lowest BCUT2D eigenvalue weighted by Gasteiger charge is -2.15. The first-order valence-corrected chi connectivity index (χ1v) is 7.79. The van der Waals surface area contributed by atoms with Crippen LogP contribution < -0.4 is 10.1 Å². The van der Waals surface area contributed by atoms with Crippen LogP contribution in [0.2, 0.25) is 5.02 Å². The Morgan fingerprint density at radius 1 is 1.19 bits per heavy atom. The third kappa shape index (κ3) is 4.70. The van der Waals surface area contributed by atoms with Crippen molar-refractivity contribution in [3.63, 3.8) is 0 Å². The molecule has 1 amide bonds. The number of carbonyl (C=O) groups is 2. The van der Waals surface area contributed by atoms with E-state index in [1.165, 1.54) is 44.4 Å². The van der Waals surface area contributed by atoms with E-state index in [1.54, 1.807) is 12.1 Å². The molecule has 2 aromatic carbocycles. The number of benzene rings is 2. The highest BCUT2D eigenvalue weighted by molar-refractivity contribution is 6.31. The average Bonchev–Trinajstić information content (AvgIpc) is 2.61. The van der Waals surface area contributed by atoms with Gasteiger partial charge in [0.1, 0.15) is 5.75 Å². The van der Waals surface area contributed by atoms with Crippen molar-refractivity contribution < 1.29 is 24.0 Å². The van der Waals surface area contributed by atoms with Crippen LogP contribution in [-0.4, -0.2) is 30.0 Å². The Morgan fingerprint density at radius 2 is 1.85 bits per heavy atom. The summed E-state index contributed by atoms with van der Waals surface area (Å²) in [5, 5.41) is 13.6. The van der Waals surface area contributed by atoms with Crippen molar-refractivity contribution in [1.82, 2.24) is 0 Å². The van der Waals surface area contributed by atoms with E-state index < -0.39 is 22.9 Å². The van der Waals surface area contributed by atoms with Gasteiger partial charge < -0.3 is 14.8 Å². The van der Waals surface area contributed by atoms with Gasteiger partial charge in [-0.3, -0.25) is 14.9 Å². The molecule has 26 heavy (non-hydrogen) atoms. The molecule has 8 nitrogen and oxygen atoms in total.